The van der Waals surface area contributed by atoms with Crippen molar-refractivity contribution in [3.63, 3.8) is 0 Å². The van der Waals surface area contributed by atoms with Crippen molar-refractivity contribution in [1.82, 2.24) is 10.2 Å². The molecule has 0 bridgehead atoms. The molecule has 88 valence electrons. The van der Waals surface area contributed by atoms with Crippen LogP contribution in [0, 0.1) is 0 Å². The van der Waals surface area contributed by atoms with Crippen molar-refractivity contribution in [3.8, 4) is 5.75 Å². The number of hydrogen-bond acceptors (Lipinski definition) is 3. The van der Waals surface area contributed by atoms with Gasteiger partial charge in [-0.25, -0.2) is 0 Å². The summed E-state index contributed by atoms with van der Waals surface area (Å²) in [6.07, 6.45) is 1.18. The van der Waals surface area contributed by atoms with Gasteiger partial charge in [-0.2, -0.15) is 0 Å². The van der Waals surface area contributed by atoms with E-state index in [1.54, 1.807) is 6.07 Å². The van der Waals surface area contributed by atoms with E-state index in [1.165, 1.54) is 12.0 Å². The van der Waals surface area contributed by atoms with Crippen LogP contribution >= 0.6 is 0 Å². The van der Waals surface area contributed by atoms with Crippen LogP contribution in [-0.4, -0.2) is 35.7 Å². The molecule has 3 heteroatoms. The van der Waals surface area contributed by atoms with Gasteiger partial charge >= 0.3 is 0 Å². The molecule has 1 fully saturated rings. The fourth-order valence-corrected chi connectivity index (χ4v) is 2.22. The summed E-state index contributed by atoms with van der Waals surface area (Å²) in [5, 5.41) is 12.9. The molecule has 1 aromatic carbocycles. The SMILES string of the molecule is CCC1CN(Cc2cccc(O)c2)CCN1. The van der Waals surface area contributed by atoms with Crippen LogP contribution in [0.4, 0.5) is 0 Å². The molecule has 0 amide bonds. The minimum Gasteiger partial charge on any atom is -0.508 e. The molecular weight excluding hydrogens is 200 g/mol. The zero-order valence-corrected chi connectivity index (χ0v) is 9.82. The number of phenols is 1. The van der Waals surface area contributed by atoms with Crippen LogP contribution in [0.5, 0.6) is 5.75 Å². The van der Waals surface area contributed by atoms with Crippen LogP contribution in [-0.2, 0) is 6.54 Å². The van der Waals surface area contributed by atoms with E-state index in [9.17, 15) is 5.11 Å². The monoisotopic (exact) mass is 220 g/mol. The second-order valence-corrected chi connectivity index (χ2v) is 4.46. The molecule has 1 aromatic rings. The maximum atomic E-state index is 9.41. The largest absolute Gasteiger partial charge is 0.508 e. The molecular formula is C13H20N2O. The fourth-order valence-electron chi connectivity index (χ4n) is 2.22. The number of hydrogen-bond donors (Lipinski definition) is 2. The average Bonchev–Trinajstić information content (AvgIpc) is 2.29. The van der Waals surface area contributed by atoms with Crippen molar-refractivity contribution in [1.29, 1.82) is 0 Å². The predicted octanol–water partition coefficient (Wildman–Crippen LogP) is 1.58. The highest BCUT2D eigenvalue weighted by atomic mass is 16.3. The first-order valence-electron chi connectivity index (χ1n) is 6.01. The van der Waals surface area contributed by atoms with E-state index in [4.69, 9.17) is 0 Å². The van der Waals surface area contributed by atoms with Gasteiger partial charge in [-0.05, 0) is 24.1 Å². The van der Waals surface area contributed by atoms with Crippen LogP contribution in [0.1, 0.15) is 18.9 Å². The Kier molecular flexibility index (Phi) is 3.80. The van der Waals surface area contributed by atoms with Crippen molar-refractivity contribution in [2.24, 2.45) is 0 Å². The molecule has 1 aliphatic heterocycles. The summed E-state index contributed by atoms with van der Waals surface area (Å²) < 4.78 is 0. The van der Waals surface area contributed by atoms with E-state index in [0.29, 0.717) is 11.8 Å². The van der Waals surface area contributed by atoms with E-state index in [2.05, 4.69) is 23.2 Å². The van der Waals surface area contributed by atoms with Crippen molar-refractivity contribution < 1.29 is 5.11 Å². The number of phenolic OH excluding ortho intramolecular Hbond substituents is 1. The van der Waals surface area contributed by atoms with Gasteiger partial charge in [0.2, 0.25) is 0 Å². The van der Waals surface area contributed by atoms with Crippen molar-refractivity contribution in [2.45, 2.75) is 25.9 Å². The normalized spacial score (nSPS) is 22.2. The van der Waals surface area contributed by atoms with E-state index >= 15 is 0 Å². The van der Waals surface area contributed by atoms with Gasteiger partial charge in [0, 0.05) is 32.2 Å². The highest BCUT2D eigenvalue weighted by molar-refractivity contribution is 5.27. The van der Waals surface area contributed by atoms with Gasteiger partial charge in [0.05, 0.1) is 0 Å². The molecule has 0 saturated carbocycles. The molecule has 0 aromatic heterocycles. The lowest BCUT2D eigenvalue weighted by atomic mass is 10.1. The number of aromatic hydroxyl groups is 1. The zero-order chi connectivity index (χ0) is 11.4. The molecule has 3 nitrogen and oxygen atoms in total. The smallest absolute Gasteiger partial charge is 0.115 e. The van der Waals surface area contributed by atoms with Crippen molar-refractivity contribution >= 4 is 0 Å². The average molecular weight is 220 g/mol. The lowest BCUT2D eigenvalue weighted by Crippen LogP contribution is -2.49. The summed E-state index contributed by atoms with van der Waals surface area (Å²) in [6, 6.07) is 8.16. The summed E-state index contributed by atoms with van der Waals surface area (Å²) >= 11 is 0. The third kappa shape index (κ3) is 2.97. The molecule has 1 unspecified atom stereocenters. The summed E-state index contributed by atoms with van der Waals surface area (Å²) in [4.78, 5) is 2.44. The molecule has 1 saturated heterocycles. The molecule has 0 aliphatic carbocycles. The van der Waals surface area contributed by atoms with E-state index in [0.717, 1.165) is 26.2 Å². The molecule has 1 atom stereocenters. The van der Waals surface area contributed by atoms with Crippen LogP contribution < -0.4 is 5.32 Å². The van der Waals surface area contributed by atoms with Gasteiger partial charge in [-0.3, -0.25) is 4.90 Å². The second kappa shape index (κ2) is 5.32. The zero-order valence-electron chi connectivity index (χ0n) is 9.82. The molecule has 2 N–H and O–H groups in total. The minimum atomic E-state index is 0.361. The van der Waals surface area contributed by atoms with Gasteiger partial charge in [-0.15, -0.1) is 0 Å². The Bertz CT molecular complexity index is 340. The fraction of sp³-hybridized carbons (Fsp3) is 0.538. The molecule has 2 rings (SSSR count). The summed E-state index contributed by atoms with van der Waals surface area (Å²) in [5.74, 6) is 0.361. The first-order chi connectivity index (χ1) is 7.78. The van der Waals surface area contributed by atoms with Crippen molar-refractivity contribution in [2.75, 3.05) is 19.6 Å². The topological polar surface area (TPSA) is 35.5 Å². The molecule has 0 radical (unpaired) electrons. The Morgan fingerprint density at radius 1 is 1.50 bits per heavy atom. The first kappa shape index (κ1) is 11.4. The number of rotatable bonds is 3. The van der Waals surface area contributed by atoms with E-state index in [1.807, 2.05) is 12.1 Å². The van der Waals surface area contributed by atoms with Crippen LogP contribution in [0.3, 0.4) is 0 Å². The van der Waals surface area contributed by atoms with E-state index in [-0.39, 0.29) is 0 Å². The van der Waals surface area contributed by atoms with Crippen LogP contribution in [0.25, 0.3) is 0 Å². The predicted molar refractivity (Wildman–Crippen MR) is 65.5 cm³/mol. The number of benzene rings is 1. The molecule has 16 heavy (non-hydrogen) atoms. The summed E-state index contributed by atoms with van der Waals surface area (Å²) in [5.41, 5.74) is 1.19. The first-order valence-corrected chi connectivity index (χ1v) is 6.01. The third-order valence-corrected chi connectivity index (χ3v) is 3.15. The standard InChI is InChI=1S/C13H20N2O/c1-2-12-10-15(7-6-14-12)9-11-4-3-5-13(16)8-11/h3-5,8,12,14,16H,2,6-7,9-10H2,1H3. The number of nitrogens with zero attached hydrogens (tertiary/aromatic N) is 1. The lowest BCUT2D eigenvalue weighted by Gasteiger charge is -2.33. The Balaban J connectivity index is 1.94. The maximum absolute atomic E-state index is 9.41. The lowest BCUT2D eigenvalue weighted by molar-refractivity contribution is 0.190. The highest BCUT2D eigenvalue weighted by Crippen LogP contribution is 2.14. The van der Waals surface area contributed by atoms with Gasteiger partial charge in [0.1, 0.15) is 5.75 Å². The van der Waals surface area contributed by atoms with E-state index < -0.39 is 0 Å². The number of nitrogens with one attached hydrogen (secondary N) is 1. The molecule has 0 spiro atoms. The highest BCUT2D eigenvalue weighted by Gasteiger charge is 2.17. The quantitative estimate of drug-likeness (QED) is 0.811. The van der Waals surface area contributed by atoms with Crippen LogP contribution in [0.2, 0.25) is 0 Å². The number of piperazine rings is 1. The van der Waals surface area contributed by atoms with Gasteiger partial charge in [0.15, 0.2) is 0 Å². The van der Waals surface area contributed by atoms with Crippen LogP contribution in [0.15, 0.2) is 24.3 Å². The summed E-state index contributed by atoms with van der Waals surface area (Å²) in [6.45, 7) is 6.41. The Morgan fingerprint density at radius 3 is 3.12 bits per heavy atom. The third-order valence-electron chi connectivity index (χ3n) is 3.15. The van der Waals surface area contributed by atoms with Crippen molar-refractivity contribution in [3.05, 3.63) is 29.8 Å². The Hall–Kier alpha value is -1.06. The summed E-state index contributed by atoms with van der Waals surface area (Å²) in [7, 11) is 0. The Labute approximate surface area is 97.1 Å². The van der Waals surface area contributed by atoms with Gasteiger partial charge < -0.3 is 10.4 Å². The molecule has 1 aliphatic rings. The molecule has 1 heterocycles. The minimum absolute atomic E-state index is 0.361. The van der Waals surface area contributed by atoms with Gasteiger partial charge in [-0.1, -0.05) is 19.1 Å². The maximum Gasteiger partial charge on any atom is 0.115 e. The Morgan fingerprint density at radius 2 is 2.38 bits per heavy atom. The van der Waals surface area contributed by atoms with Gasteiger partial charge in [0.25, 0.3) is 0 Å². The second-order valence-electron chi connectivity index (χ2n) is 4.46.